The number of carbonyl (C=O) groups is 4. The fraction of sp³-hybridized carbons (Fsp3) is 0.556. The minimum absolute atomic E-state index is 0.00217. The Balaban J connectivity index is 1.95. The summed E-state index contributed by atoms with van der Waals surface area (Å²) < 4.78 is 37.8. The molecule has 0 spiro atoms. The van der Waals surface area contributed by atoms with Crippen LogP contribution in [-0.2, 0) is 52.3 Å². The maximum absolute atomic E-state index is 12.9. The van der Waals surface area contributed by atoms with Gasteiger partial charge in [-0.2, -0.15) is 0 Å². The second kappa shape index (κ2) is 14.7. The van der Waals surface area contributed by atoms with Gasteiger partial charge in [-0.05, 0) is 23.8 Å². The van der Waals surface area contributed by atoms with Gasteiger partial charge in [-0.25, -0.2) is 4.79 Å². The number of rotatable bonds is 11. The number of carbonyl (C=O) groups excluding carboxylic acids is 4. The highest BCUT2D eigenvalue weighted by Crippen LogP contribution is 2.39. The van der Waals surface area contributed by atoms with Crippen molar-refractivity contribution in [2.45, 2.75) is 75.6 Å². The third-order valence-corrected chi connectivity index (χ3v) is 6.41. The second-order valence-electron chi connectivity index (χ2n) is 9.68. The summed E-state index contributed by atoms with van der Waals surface area (Å²) in [6.07, 6.45) is -11.1. The zero-order chi connectivity index (χ0) is 31.9. The average molecular weight is 615 g/mol. The van der Waals surface area contributed by atoms with E-state index < -0.39 is 98.5 Å². The second-order valence-corrected chi connectivity index (χ2v) is 9.68. The number of ether oxygens (including phenoxy) is 7. The number of aliphatic hydroxyl groups excluding tert-OH is 4. The Morgan fingerprint density at radius 2 is 1.51 bits per heavy atom. The summed E-state index contributed by atoms with van der Waals surface area (Å²) in [5, 5.41) is 51.5. The first-order chi connectivity index (χ1) is 20.3. The van der Waals surface area contributed by atoms with Crippen LogP contribution >= 0.6 is 0 Å². The molecule has 16 nitrogen and oxygen atoms in total. The first-order valence-corrected chi connectivity index (χ1v) is 13.0. The Bertz CT molecular complexity index is 1170. The summed E-state index contributed by atoms with van der Waals surface area (Å²) in [4.78, 5) is 47.8. The Morgan fingerprint density at radius 3 is 2.07 bits per heavy atom. The van der Waals surface area contributed by atoms with Gasteiger partial charge >= 0.3 is 23.9 Å². The number of phenols is 1. The summed E-state index contributed by atoms with van der Waals surface area (Å²) >= 11 is 0. The van der Waals surface area contributed by atoms with E-state index in [-0.39, 0.29) is 5.75 Å². The molecule has 0 radical (unpaired) electrons. The molecule has 43 heavy (non-hydrogen) atoms. The van der Waals surface area contributed by atoms with Gasteiger partial charge in [0.05, 0.1) is 6.61 Å². The van der Waals surface area contributed by atoms with Gasteiger partial charge in [-0.1, -0.05) is 12.1 Å². The number of hydrogen-bond acceptors (Lipinski definition) is 16. The molecule has 2 aliphatic rings. The van der Waals surface area contributed by atoms with Gasteiger partial charge in [0.2, 0.25) is 5.79 Å². The smallest absolute Gasteiger partial charge is 0.331 e. The molecule has 3 rings (SSSR count). The molecule has 5 N–H and O–H groups in total. The van der Waals surface area contributed by atoms with Gasteiger partial charge in [0.1, 0.15) is 43.4 Å². The Labute approximate surface area is 245 Å². The van der Waals surface area contributed by atoms with Crippen molar-refractivity contribution in [1.29, 1.82) is 0 Å². The van der Waals surface area contributed by atoms with Gasteiger partial charge in [-0.15, -0.1) is 0 Å². The van der Waals surface area contributed by atoms with Crippen LogP contribution in [0.15, 0.2) is 30.3 Å². The van der Waals surface area contributed by atoms with Gasteiger partial charge < -0.3 is 58.7 Å². The molecular formula is C27H34O16. The number of esters is 4. The molecule has 2 fully saturated rings. The van der Waals surface area contributed by atoms with Gasteiger partial charge in [0.15, 0.2) is 24.6 Å². The molecule has 9 atom stereocenters. The lowest BCUT2D eigenvalue weighted by Gasteiger charge is -2.44. The average Bonchev–Trinajstić information content (AvgIpc) is 3.22. The maximum Gasteiger partial charge on any atom is 0.331 e. The monoisotopic (exact) mass is 614 g/mol. The lowest BCUT2D eigenvalue weighted by Crippen LogP contribution is -2.64. The molecule has 0 aliphatic carbocycles. The molecule has 238 valence electrons. The number of phenolic OH excluding ortho intramolecular Hbond substituents is 1. The van der Waals surface area contributed by atoms with Gasteiger partial charge in [-0.3, -0.25) is 14.4 Å². The van der Waals surface area contributed by atoms with Crippen LogP contribution in [0.1, 0.15) is 26.3 Å². The first-order valence-electron chi connectivity index (χ1n) is 13.0. The standard InChI is InChI=1S/C27H34O16/c1-13(30)37-11-19-21(35)24(39-15(3)32)22(36)26(40-19)43-27(12-29)25(23(38-14(2)31)18(10-28)42-27)41-20(34)9-6-16-4-7-17(33)8-5-16/h4-9,18-19,21-26,28-29,33,35-36H,10-12H2,1-3H3/t18-,19-,21-,22-,23-,24+,25+,26-,27+/m1/s1. The summed E-state index contributed by atoms with van der Waals surface area (Å²) in [6, 6.07) is 5.77. The van der Waals surface area contributed by atoms with Crippen LogP contribution in [0.3, 0.4) is 0 Å². The molecule has 1 aromatic carbocycles. The van der Waals surface area contributed by atoms with Crippen LogP contribution in [0.25, 0.3) is 6.08 Å². The summed E-state index contributed by atoms with van der Waals surface area (Å²) in [5.41, 5.74) is 0.500. The van der Waals surface area contributed by atoms with E-state index in [9.17, 15) is 44.7 Å². The fourth-order valence-electron chi connectivity index (χ4n) is 4.50. The minimum atomic E-state index is -2.46. The van der Waals surface area contributed by atoms with Crippen molar-refractivity contribution >= 4 is 30.0 Å². The highest BCUT2D eigenvalue weighted by molar-refractivity contribution is 5.87. The largest absolute Gasteiger partial charge is 0.508 e. The predicted octanol–water partition coefficient (Wildman–Crippen LogP) is -1.71. The highest BCUT2D eigenvalue weighted by atomic mass is 16.8. The summed E-state index contributed by atoms with van der Waals surface area (Å²) in [7, 11) is 0. The minimum Gasteiger partial charge on any atom is -0.508 e. The lowest BCUT2D eigenvalue weighted by atomic mass is 9.98. The van der Waals surface area contributed by atoms with Crippen LogP contribution in [0, 0.1) is 0 Å². The quantitative estimate of drug-likeness (QED) is 0.106. The molecule has 0 amide bonds. The van der Waals surface area contributed by atoms with E-state index in [1.54, 1.807) is 0 Å². The molecule has 0 bridgehead atoms. The van der Waals surface area contributed by atoms with Crippen molar-refractivity contribution in [1.82, 2.24) is 0 Å². The normalized spacial score (nSPS) is 32.3. The van der Waals surface area contributed by atoms with Crippen molar-refractivity contribution in [3.63, 3.8) is 0 Å². The SMILES string of the molecule is CC(=O)OC[C@H]1O[C@H](O[C@]2(CO)O[C@H](CO)[C@@H](OC(C)=O)[C@@H]2OC(=O)C=Cc2ccc(O)cc2)[C@H](O)[C@@H](OC(C)=O)[C@@H]1O. The molecule has 2 saturated heterocycles. The molecule has 2 heterocycles. The summed E-state index contributed by atoms with van der Waals surface area (Å²) in [5.74, 6) is -6.00. The van der Waals surface area contributed by atoms with E-state index in [1.807, 2.05) is 0 Å². The van der Waals surface area contributed by atoms with Crippen molar-refractivity contribution in [2.24, 2.45) is 0 Å². The molecule has 2 aliphatic heterocycles. The van der Waals surface area contributed by atoms with Crippen LogP contribution in [0.4, 0.5) is 0 Å². The van der Waals surface area contributed by atoms with Gasteiger partial charge in [0.25, 0.3) is 0 Å². The molecular weight excluding hydrogens is 580 g/mol. The molecule has 0 saturated carbocycles. The zero-order valence-corrected chi connectivity index (χ0v) is 23.4. The third kappa shape index (κ3) is 8.47. The zero-order valence-electron chi connectivity index (χ0n) is 23.4. The Hall–Kier alpha value is -3.64. The third-order valence-electron chi connectivity index (χ3n) is 6.41. The lowest BCUT2D eigenvalue weighted by molar-refractivity contribution is -0.383. The molecule has 16 heteroatoms. The maximum atomic E-state index is 12.9. The van der Waals surface area contributed by atoms with Crippen molar-refractivity contribution in [3.05, 3.63) is 35.9 Å². The van der Waals surface area contributed by atoms with E-state index in [2.05, 4.69) is 0 Å². The predicted molar refractivity (Wildman–Crippen MR) is 138 cm³/mol. The highest BCUT2D eigenvalue weighted by Gasteiger charge is 2.62. The number of benzene rings is 1. The number of hydrogen-bond donors (Lipinski definition) is 5. The van der Waals surface area contributed by atoms with Crippen LogP contribution in [-0.4, -0.2) is 124 Å². The van der Waals surface area contributed by atoms with E-state index in [0.717, 1.165) is 26.8 Å². The number of aromatic hydroxyl groups is 1. The molecule has 0 unspecified atom stereocenters. The fourth-order valence-corrected chi connectivity index (χ4v) is 4.50. The van der Waals surface area contributed by atoms with E-state index in [1.165, 1.54) is 30.3 Å². The summed E-state index contributed by atoms with van der Waals surface area (Å²) in [6.45, 7) is 0.646. The topological polar surface area (TPSA) is 234 Å². The van der Waals surface area contributed by atoms with Crippen LogP contribution in [0.5, 0.6) is 5.75 Å². The van der Waals surface area contributed by atoms with Crippen molar-refractivity contribution < 1.29 is 77.9 Å². The number of aliphatic hydroxyl groups is 4. The van der Waals surface area contributed by atoms with Gasteiger partial charge in [0, 0.05) is 26.8 Å². The van der Waals surface area contributed by atoms with Crippen molar-refractivity contribution in [2.75, 3.05) is 19.8 Å². The van der Waals surface area contributed by atoms with Crippen LogP contribution < -0.4 is 0 Å². The van der Waals surface area contributed by atoms with Crippen LogP contribution in [0.2, 0.25) is 0 Å². The first kappa shape index (κ1) is 33.9. The van der Waals surface area contributed by atoms with E-state index in [0.29, 0.717) is 5.56 Å². The molecule has 0 aromatic heterocycles. The van der Waals surface area contributed by atoms with E-state index >= 15 is 0 Å². The molecule has 1 aromatic rings. The van der Waals surface area contributed by atoms with Crippen molar-refractivity contribution in [3.8, 4) is 5.75 Å². The Kier molecular flexibility index (Phi) is 11.6. The van der Waals surface area contributed by atoms with E-state index in [4.69, 9.17) is 33.2 Å². The Morgan fingerprint density at radius 1 is 0.884 bits per heavy atom.